The van der Waals surface area contributed by atoms with Crippen LogP contribution in [0.5, 0.6) is 0 Å². The van der Waals surface area contributed by atoms with E-state index in [0.717, 1.165) is 16.7 Å². The molecule has 0 saturated carbocycles. The van der Waals surface area contributed by atoms with E-state index < -0.39 is 35.4 Å². The summed E-state index contributed by atoms with van der Waals surface area (Å²) in [5, 5.41) is 13.9. The van der Waals surface area contributed by atoms with Gasteiger partial charge in [-0.3, -0.25) is 19.2 Å². The second kappa shape index (κ2) is 24.0. The number of ether oxygens (including phenoxy) is 5. The van der Waals surface area contributed by atoms with Crippen LogP contribution in [0.1, 0.15) is 98.3 Å². The second-order valence-corrected chi connectivity index (χ2v) is 17.6. The van der Waals surface area contributed by atoms with Gasteiger partial charge in [0.2, 0.25) is 0 Å². The van der Waals surface area contributed by atoms with E-state index in [1.165, 1.54) is 23.1 Å². The zero-order valence-electron chi connectivity index (χ0n) is 40.7. The molecule has 1 atom stereocenters. The van der Waals surface area contributed by atoms with Crippen LogP contribution in [0.15, 0.2) is 54.6 Å². The van der Waals surface area contributed by atoms with Crippen LogP contribution in [-0.4, -0.2) is 137 Å². The third kappa shape index (κ3) is 13.4. The van der Waals surface area contributed by atoms with E-state index in [1.807, 2.05) is 12.1 Å². The van der Waals surface area contributed by atoms with Crippen molar-refractivity contribution >= 4 is 53.2 Å². The quantitative estimate of drug-likeness (QED) is 0.0400. The zero-order valence-corrected chi connectivity index (χ0v) is 40.7. The summed E-state index contributed by atoms with van der Waals surface area (Å²) in [7, 11) is 1.60. The van der Waals surface area contributed by atoms with Gasteiger partial charge in [-0.15, -0.1) is 0 Å². The minimum absolute atomic E-state index is 0.0872. The first-order valence-electron chi connectivity index (χ1n) is 23.2. The first kappa shape index (κ1) is 52.3. The van der Waals surface area contributed by atoms with Crippen molar-refractivity contribution in [2.75, 3.05) is 91.3 Å². The molecule has 6 N–H and O–H groups in total. The normalized spacial score (nSPS) is 14.0. The number of aryl methyl sites for hydroxylation is 1. The van der Waals surface area contributed by atoms with Crippen LogP contribution in [0.25, 0.3) is 22.8 Å². The predicted molar refractivity (Wildman–Crippen MR) is 260 cm³/mol. The Balaban J connectivity index is 1.10. The largest absolute Gasteiger partial charge is 0.448 e. The number of H-pyrrole nitrogens is 1. The third-order valence-corrected chi connectivity index (χ3v) is 11.5. The molecule has 6 rings (SSSR count). The van der Waals surface area contributed by atoms with Crippen molar-refractivity contribution in [3.63, 3.8) is 0 Å². The fourth-order valence-corrected chi connectivity index (χ4v) is 8.11. The molecule has 0 bridgehead atoms. The maximum atomic E-state index is 14.1. The Morgan fingerprint density at radius 2 is 1.37 bits per heavy atom. The van der Waals surface area contributed by atoms with Gasteiger partial charge >= 0.3 is 12.2 Å². The summed E-state index contributed by atoms with van der Waals surface area (Å²) in [5.74, 6) is -2.53. The number of amides is 6. The minimum Gasteiger partial charge on any atom is -0.448 e. The van der Waals surface area contributed by atoms with Crippen LogP contribution in [0.2, 0.25) is 0 Å². The average molecular weight is 968 g/mol. The van der Waals surface area contributed by atoms with Crippen molar-refractivity contribution in [2.45, 2.75) is 53.1 Å². The number of halogens is 1. The molecule has 0 spiro atoms. The Kier molecular flexibility index (Phi) is 17.9. The fraction of sp³-hybridized carbons (Fsp3) is 0.412. The summed E-state index contributed by atoms with van der Waals surface area (Å²) in [6.45, 7) is 13.4. The van der Waals surface area contributed by atoms with E-state index >= 15 is 0 Å². The molecule has 1 aliphatic carbocycles. The van der Waals surface area contributed by atoms with Gasteiger partial charge in [-0.25, -0.2) is 14.0 Å². The van der Waals surface area contributed by atoms with Crippen molar-refractivity contribution in [3.8, 4) is 11.1 Å². The number of hydrogen-bond acceptors (Lipinski definition) is 11. The molecule has 70 heavy (non-hydrogen) atoms. The summed E-state index contributed by atoms with van der Waals surface area (Å²) in [4.78, 5) is 83.5. The van der Waals surface area contributed by atoms with Crippen LogP contribution in [0.3, 0.4) is 0 Å². The number of aromatic amines is 1. The lowest BCUT2D eigenvalue weighted by Crippen LogP contribution is -2.39. The molecule has 2 aliphatic rings. The van der Waals surface area contributed by atoms with Crippen molar-refractivity contribution in [1.29, 1.82) is 0 Å². The molecule has 0 radical (unpaired) electrons. The van der Waals surface area contributed by atoms with Gasteiger partial charge < -0.3 is 60.2 Å². The third-order valence-electron chi connectivity index (χ3n) is 11.5. The van der Waals surface area contributed by atoms with Crippen molar-refractivity contribution < 1.29 is 56.8 Å². The van der Waals surface area contributed by atoms with E-state index in [-0.39, 0.29) is 75.8 Å². The first-order chi connectivity index (χ1) is 33.5. The summed E-state index contributed by atoms with van der Waals surface area (Å²) >= 11 is 0. The maximum absolute atomic E-state index is 14.1. The van der Waals surface area contributed by atoms with E-state index in [2.05, 4.69) is 31.6 Å². The average Bonchev–Trinajstić information content (AvgIpc) is 3.91. The molecule has 1 aromatic heterocycles. The lowest BCUT2D eigenvalue weighted by atomic mass is 9.95. The molecule has 1 unspecified atom stereocenters. The maximum Gasteiger partial charge on any atom is 0.409 e. The molecular weight excluding hydrogens is 906 g/mol. The number of fused-ring (bicyclic) bond motifs is 4. The molecule has 374 valence electrons. The molecule has 3 aromatic carbocycles. The number of nitrogens with one attached hydrogen (secondary N) is 6. The lowest BCUT2D eigenvalue weighted by molar-refractivity contribution is -0.110. The Morgan fingerprint density at radius 1 is 0.757 bits per heavy atom. The van der Waals surface area contributed by atoms with Crippen molar-refractivity contribution in [3.05, 3.63) is 111 Å². The standard InChI is InChI=1S/C51H62FN7O11/c1-8-59(19-17-54-48(63)44-30(2)43(57-31(44)3)28-40-39-27-34(52)11-14-42(39)58-47(40)62)50(65)69-29-41-37-25-32(45(60)53-15-16-56-49(64)70-51(4,5)6)9-12-35(37)36-13-10-33(26-38(36)41)46(61)55-18-20-67-23-24-68-22-21-66-7/h9-14,25-28,41,57H,8,15-24,29H2,1-7H3,(H,53,60)(H,54,63)(H,55,61)(H,56,64)(H,58,62)/b40-28-. The van der Waals surface area contributed by atoms with Gasteiger partial charge in [-0.1, -0.05) is 12.1 Å². The van der Waals surface area contributed by atoms with Crippen LogP contribution >= 0.6 is 0 Å². The van der Waals surface area contributed by atoms with Crippen LogP contribution in [0.4, 0.5) is 19.7 Å². The molecular formula is C51H62FN7O11. The number of methoxy groups -OCH3 is 1. The molecule has 19 heteroatoms. The number of carbonyl (C=O) groups is 6. The SMILES string of the molecule is CCN(CCNC(=O)c1c(C)[nH]c(/C=C2\C(=O)Nc3ccc(F)cc32)c1C)C(=O)OCC1c2cc(C(=O)NCCNC(=O)OC(C)(C)C)ccc2-c2ccc(C(=O)NCCOCCOCCOC)cc21. The first-order valence-corrected chi connectivity index (χ1v) is 23.2. The molecule has 2 heterocycles. The number of alkyl carbamates (subject to hydrolysis) is 1. The van der Waals surface area contributed by atoms with Crippen LogP contribution in [0, 0.1) is 19.7 Å². The lowest BCUT2D eigenvalue weighted by Gasteiger charge is -2.22. The van der Waals surface area contributed by atoms with Crippen LogP contribution in [-0.2, 0) is 28.5 Å². The predicted octanol–water partition coefficient (Wildman–Crippen LogP) is 5.93. The summed E-state index contributed by atoms with van der Waals surface area (Å²) < 4.78 is 41.2. The second-order valence-electron chi connectivity index (χ2n) is 17.6. The van der Waals surface area contributed by atoms with Crippen molar-refractivity contribution in [2.24, 2.45) is 0 Å². The molecule has 0 saturated heterocycles. The van der Waals surface area contributed by atoms with E-state index in [4.69, 9.17) is 23.7 Å². The number of nitrogens with zero attached hydrogens (tertiary/aromatic N) is 1. The van der Waals surface area contributed by atoms with Crippen molar-refractivity contribution in [1.82, 2.24) is 31.2 Å². The highest BCUT2D eigenvalue weighted by Crippen LogP contribution is 2.46. The number of anilines is 1. The molecule has 6 amide bonds. The Hall–Kier alpha value is -7.09. The highest BCUT2D eigenvalue weighted by molar-refractivity contribution is 6.35. The zero-order chi connectivity index (χ0) is 50.5. The van der Waals surface area contributed by atoms with Gasteiger partial charge in [0, 0.05) is 86.1 Å². The highest BCUT2D eigenvalue weighted by Gasteiger charge is 2.33. The smallest absolute Gasteiger partial charge is 0.409 e. The number of likely N-dealkylation sites (N-methyl/N-ethyl adjacent to an activating group) is 1. The fourth-order valence-electron chi connectivity index (χ4n) is 8.11. The minimum atomic E-state index is -0.669. The Labute approximate surface area is 406 Å². The summed E-state index contributed by atoms with van der Waals surface area (Å²) in [5.41, 5.74) is 6.35. The van der Waals surface area contributed by atoms with E-state index in [0.29, 0.717) is 76.9 Å². The Bertz CT molecular complexity index is 2620. The Morgan fingerprint density at radius 3 is 2.01 bits per heavy atom. The summed E-state index contributed by atoms with van der Waals surface area (Å²) in [6.07, 6.45) is 0.361. The number of carbonyl (C=O) groups excluding carboxylic acids is 6. The van der Waals surface area contributed by atoms with Gasteiger partial charge in [-0.05, 0) is 118 Å². The van der Waals surface area contributed by atoms with Gasteiger partial charge in [0.15, 0.2) is 0 Å². The molecule has 4 aromatic rings. The van der Waals surface area contributed by atoms with E-state index in [9.17, 15) is 33.2 Å². The van der Waals surface area contributed by atoms with Gasteiger partial charge in [-0.2, -0.15) is 0 Å². The number of aromatic nitrogens is 1. The molecule has 0 fully saturated rings. The van der Waals surface area contributed by atoms with Gasteiger partial charge in [0.1, 0.15) is 18.0 Å². The highest BCUT2D eigenvalue weighted by atomic mass is 19.1. The monoisotopic (exact) mass is 967 g/mol. The topological polar surface area (TPSA) is 228 Å². The number of hydrogen-bond donors (Lipinski definition) is 6. The van der Waals surface area contributed by atoms with Gasteiger partial charge in [0.05, 0.1) is 44.2 Å². The summed E-state index contributed by atoms with van der Waals surface area (Å²) in [6, 6.07) is 14.6. The number of benzene rings is 3. The number of rotatable bonds is 22. The van der Waals surface area contributed by atoms with E-state index in [1.54, 1.807) is 79.0 Å². The molecule has 1 aliphatic heterocycles. The van der Waals surface area contributed by atoms with Gasteiger partial charge in [0.25, 0.3) is 23.6 Å². The molecule has 18 nitrogen and oxygen atoms in total. The van der Waals surface area contributed by atoms with Crippen LogP contribution < -0.4 is 26.6 Å².